The van der Waals surface area contributed by atoms with Crippen molar-refractivity contribution in [2.45, 2.75) is 43.9 Å². The summed E-state index contributed by atoms with van der Waals surface area (Å²) in [7, 11) is -0.0480. The van der Waals surface area contributed by atoms with Crippen molar-refractivity contribution in [3.05, 3.63) is 35.9 Å². The maximum Gasteiger partial charge on any atom is 0.0561 e. The maximum atomic E-state index is 5.83. The van der Waals surface area contributed by atoms with Gasteiger partial charge >= 0.3 is 0 Å². The van der Waals surface area contributed by atoms with E-state index in [-0.39, 0.29) is 9.52 Å². The largest absolute Gasteiger partial charge is 0.382 e. The van der Waals surface area contributed by atoms with Gasteiger partial charge in [0.05, 0.1) is 9.52 Å². The summed E-state index contributed by atoms with van der Waals surface area (Å²) >= 11 is 0. The molecule has 1 aromatic carbocycles. The molecule has 1 aromatic rings. The van der Waals surface area contributed by atoms with Gasteiger partial charge in [-0.15, -0.1) is 0 Å². The molecule has 1 saturated heterocycles. The van der Waals surface area contributed by atoms with Gasteiger partial charge in [0, 0.05) is 12.3 Å². The van der Waals surface area contributed by atoms with Gasteiger partial charge in [0.15, 0.2) is 0 Å². The lowest BCUT2D eigenvalue weighted by Gasteiger charge is -2.23. The first-order valence-electron chi connectivity index (χ1n) is 6.53. The molecule has 0 radical (unpaired) electrons. The Kier molecular flexibility index (Phi) is 4.61. The molecular weight excluding hydrogens is 212 g/mol. The van der Waals surface area contributed by atoms with Crippen LogP contribution in [-0.4, -0.2) is 21.9 Å². The highest BCUT2D eigenvalue weighted by Crippen LogP contribution is 2.21. The average Bonchev–Trinajstić information content (AvgIpc) is 2.38. The molecule has 0 bridgehead atoms. The molecule has 16 heavy (non-hydrogen) atoms. The van der Waals surface area contributed by atoms with E-state index in [0.29, 0.717) is 5.73 Å². The molecule has 0 saturated carbocycles. The topological polar surface area (TPSA) is 9.23 Å². The van der Waals surface area contributed by atoms with Gasteiger partial charge in [0.25, 0.3) is 0 Å². The highest BCUT2D eigenvalue weighted by Gasteiger charge is 2.15. The Morgan fingerprint density at radius 2 is 2.12 bits per heavy atom. The van der Waals surface area contributed by atoms with E-state index in [4.69, 9.17) is 4.74 Å². The first-order valence-corrected chi connectivity index (χ1v) is 8.34. The summed E-state index contributed by atoms with van der Waals surface area (Å²) in [5.41, 5.74) is 2.16. The number of rotatable bonds is 4. The third-order valence-corrected chi connectivity index (χ3v) is 6.05. The Balaban J connectivity index is 1.77. The smallest absolute Gasteiger partial charge is 0.0561 e. The molecule has 1 aliphatic rings. The van der Waals surface area contributed by atoms with Crippen LogP contribution < -0.4 is 0 Å². The minimum atomic E-state index is -0.0480. The molecule has 1 heterocycles. The van der Waals surface area contributed by atoms with Crippen LogP contribution in [0, 0.1) is 0 Å². The van der Waals surface area contributed by atoms with Crippen LogP contribution in [0.2, 0.25) is 6.04 Å². The third-order valence-electron chi connectivity index (χ3n) is 3.56. The van der Waals surface area contributed by atoms with E-state index in [9.17, 15) is 0 Å². The molecule has 0 aromatic heterocycles. The predicted octanol–water partition coefficient (Wildman–Crippen LogP) is 2.90. The molecule has 1 fully saturated rings. The van der Waals surface area contributed by atoms with Crippen molar-refractivity contribution in [1.82, 2.24) is 0 Å². The van der Waals surface area contributed by atoms with Crippen molar-refractivity contribution in [1.29, 1.82) is 0 Å². The summed E-state index contributed by atoms with van der Waals surface area (Å²) in [6, 6.07) is 12.3. The molecule has 0 amide bonds. The second-order valence-corrected chi connectivity index (χ2v) is 6.94. The predicted molar refractivity (Wildman–Crippen MR) is 71.8 cm³/mol. The third kappa shape index (κ3) is 3.46. The van der Waals surface area contributed by atoms with Crippen LogP contribution in [0.5, 0.6) is 0 Å². The van der Waals surface area contributed by atoms with Crippen LogP contribution in [0.4, 0.5) is 0 Å². The summed E-state index contributed by atoms with van der Waals surface area (Å²) in [6.07, 6.45) is 3.99. The summed E-state index contributed by atoms with van der Waals surface area (Å²) in [5, 5.41) is 0. The van der Waals surface area contributed by atoms with Gasteiger partial charge in [-0.3, -0.25) is 0 Å². The van der Waals surface area contributed by atoms with Gasteiger partial charge in [-0.25, -0.2) is 0 Å². The van der Waals surface area contributed by atoms with Crippen LogP contribution >= 0.6 is 0 Å². The van der Waals surface area contributed by atoms with Crippen molar-refractivity contribution in [3.8, 4) is 0 Å². The molecule has 0 N–H and O–H groups in total. The maximum absolute atomic E-state index is 5.83. The first kappa shape index (κ1) is 11.9. The molecule has 2 unspecified atom stereocenters. The van der Waals surface area contributed by atoms with E-state index >= 15 is 0 Å². The monoisotopic (exact) mass is 234 g/mol. The lowest BCUT2D eigenvalue weighted by Crippen LogP contribution is -2.26. The zero-order chi connectivity index (χ0) is 11.2. The zero-order valence-corrected chi connectivity index (χ0v) is 11.6. The van der Waals surface area contributed by atoms with E-state index < -0.39 is 0 Å². The minimum absolute atomic E-state index is 0.0480. The van der Waals surface area contributed by atoms with Crippen LogP contribution in [0.15, 0.2) is 30.3 Å². The number of ether oxygens (including phenoxy) is 1. The molecule has 0 spiro atoms. The fraction of sp³-hybridized carbons (Fsp3) is 0.571. The van der Waals surface area contributed by atoms with E-state index in [1.165, 1.54) is 30.9 Å². The Labute approximate surface area is 101 Å². The fourth-order valence-electron chi connectivity index (χ4n) is 2.42. The highest BCUT2D eigenvalue weighted by molar-refractivity contribution is 6.37. The second kappa shape index (κ2) is 6.21. The van der Waals surface area contributed by atoms with Crippen molar-refractivity contribution in [2.24, 2.45) is 0 Å². The Hall–Kier alpha value is -0.603. The molecule has 0 aliphatic carbocycles. The standard InChI is InChI=1S/C14H22OSi/c1-12(13-7-3-2-4-8-13)11-16-14-9-5-6-10-15-14/h2-4,7-8,12,14H,5-6,9-11,16H2,1H3. The summed E-state index contributed by atoms with van der Waals surface area (Å²) in [6.45, 7) is 3.36. The minimum Gasteiger partial charge on any atom is -0.382 e. The van der Waals surface area contributed by atoms with Crippen LogP contribution in [0.3, 0.4) is 0 Å². The Bertz CT molecular complexity index is 293. The van der Waals surface area contributed by atoms with Crippen LogP contribution in [0.25, 0.3) is 0 Å². The van der Waals surface area contributed by atoms with Gasteiger partial charge in [-0.05, 0) is 30.7 Å². The molecular formula is C14H22OSi. The summed E-state index contributed by atoms with van der Waals surface area (Å²) in [5.74, 6) is 0.721. The number of hydrogen-bond donors (Lipinski definition) is 0. The van der Waals surface area contributed by atoms with E-state index in [0.717, 1.165) is 12.5 Å². The summed E-state index contributed by atoms with van der Waals surface area (Å²) in [4.78, 5) is 0. The van der Waals surface area contributed by atoms with Crippen molar-refractivity contribution < 1.29 is 4.74 Å². The number of benzene rings is 1. The average molecular weight is 234 g/mol. The number of hydrogen-bond acceptors (Lipinski definition) is 1. The lowest BCUT2D eigenvalue weighted by atomic mass is 10.0. The first-order chi connectivity index (χ1) is 7.86. The van der Waals surface area contributed by atoms with Gasteiger partial charge in [0.2, 0.25) is 0 Å². The van der Waals surface area contributed by atoms with Gasteiger partial charge in [0.1, 0.15) is 0 Å². The molecule has 2 atom stereocenters. The van der Waals surface area contributed by atoms with Crippen molar-refractivity contribution in [2.75, 3.05) is 6.61 Å². The quantitative estimate of drug-likeness (QED) is 0.728. The lowest BCUT2D eigenvalue weighted by molar-refractivity contribution is 0.0649. The van der Waals surface area contributed by atoms with Crippen LogP contribution in [0.1, 0.15) is 37.7 Å². The fourth-order valence-corrected chi connectivity index (χ4v) is 4.54. The SMILES string of the molecule is CC(C[SiH2]C1CCCCO1)c1ccccc1. The van der Waals surface area contributed by atoms with E-state index in [1.807, 2.05) is 0 Å². The highest BCUT2D eigenvalue weighted by atomic mass is 28.2. The van der Waals surface area contributed by atoms with Gasteiger partial charge < -0.3 is 4.74 Å². The van der Waals surface area contributed by atoms with Gasteiger partial charge in [-0.2, -0.15) is 0 Å². The van der Waals surface area contributed by atoms with Crippen LogP contribution in [-0.2, 0) is 4.74 Å². The van der Waals surface area contributed by atoms with Crippen molar-refractivity contribution >= 4 is 9.52 Å². The Morgan fingerprint density at radius 1 is 1.31 bits per heavy atom. The molecule has 1 nitrogen and oxygen atoms in total. The second-order valence-electron chi connectivity index (χ2n) is 4.88. The normalized spacial score (nSPS) is 23.7. The molecule has 88 valence electrons. The van der Waals surface area contributed by atoms with Gasteiger partial charge in [-0.1, -0.05) is 43.3 Å². The zero-order valence-electron chi connectivity index (χ0n) is 10.2. The van der Waals surface area contributed by atoms with E-state index in [2.05, 4.69) is 37.3 Å². The molecule has 2 rings (SSSR count). The summed E-state index contributed by atoms with van der Waals surface area (Å²) < 4.78 is 5.83. The Morgan fingerprint density at radius 3 is 2.81 bits per heavy atom. The molecule has 1 aliphatic heterocycles. The molecule has 2 heteroatoms. The van der Waals surface area contributed by atoms with Crippen molar-refractivity contribution in [3.63, 3.8) is 0 Å². The van der Waals surface area contributed by atoms with E-state index in [1.54, 1.807) is 0 Å².